The molecule has 1 aromatic carbocycles. The number of hydrogen-bond acceptors (Lipinski definition) is 11. The lowest BCUT2D eigenvalue weighted by molar-refractivity contribution is -0.143. The van der Waals surface area contributed by atoms with Crippen LogP contribution in [0.25, 0.3) is 10.2 Å². The molecule has 12 heteroatoms. The van der Waals surface area contributed by atoms with Crippen molar-refractivity contribution in [1.29, 1.82) is 0 Å². The van der Waals surface area contributed by atoms with Gasteiger partial charge in [0.1, 0.15) is 6.29 Å². The Kier molecular flexibility index (Phi) is 11.3. The predicted molar refractivity (Wildman–Crippen MR) is 159 cm³/mol. The summed E-state index contributed by atoms with van der Waals surface area (Å²) in [7, 11) is 3.07. The van der Waals surface area contributed by atoms with E-state index in [2.05, 4.69) is 4.98 Å². The number of ether oxygens (including phenoxy) is 5. The van der Waals surface area contributed by atoms with E-state index in [1.54, 1.807) is 24.1 Å². The number of thiophene rings is 1. The van der Waals surface area contributed by atoms with Crippen LogP contribution in [0.3, 0.4) is 0 Å². The molecule has 230 valence electrons. The molecule has 0 unspecified atom stereocenters. The minimum absolute atomic E-state index is 0.0399. The quantitative estimate of drug-likeness (QED) is 0.0898. The van der Waals surface area contributed by atoms with E-state index >= 15 is 0 Å². The number of pyridine rings is 1. The van der Waals surface area contributed by atoms with Crippen molar-refractivity contribution < 1.29 is 42.9 Å². The number of hydrogen-bond donors (Lipinski definition) is 0. The number of benzene rings is 1. The average molecular weight is 613 g/mol. The zero-order valence-corrected chi connectivity index (χ0v) is 25.5. The average Bonchev–Trinajstić information content (AvgIpc) is 3.63. The molecular formula is C31H36N2O9S. The van der Waals surface area contributed by atoms with E-state index < -0.39 is 0 Å². The summed E-state index contributed by atoms with van der Waals surface area (Å²) in [6.45, 7) is 3.89. The van der Waals surface area contributed by atoms with Gasteiger partial charge < -0.3 is 33.4 Å². The van der Waals surface area contributed by atoms with Gasteiger partial charge in [-0.15, -0.1) is 11.3 Å². The van der Waals surface area contributed by atoms with Gasteiger partial charge in [-0.25, -0.2) is 4.98 Å². The third-order valence-corrected chi connectivity index (χ3v) is 7.88. The Morgan fingerprint density at radius 3 is 2.30 bits per heavy atom. The lowest BCUT2D eigenvalue weighted by Crippen LogP contribution is -2.24. The highest BCUT2D eigenvalue weighted by Crippen LogP contribution is 2.36. The summed E-state index contributed by atoms with van der Waals surface area (Å²) >= 11 is 1.29. The molecule has 1 amide bonds. The van der Waals surface area contributed by atoms with Gasteiger partial charge in [0.05, 0.1) is 55.6 Å². The van der Waals surface area contributed by atoms with Gasteiger partial charge in [0, 0.05) is 44.8 Å². The van der Waals surface area contributed by atoms with Gasteiger partial charge in [-0.2, -0.15) is 0 Å². The van der Waals surface area contributed by atoms with Crippen LogP contribution in [-0.4, -0.2) is 67.9 Å². The van der Waals surface area contributed by atoms with E-state index in [1.807, 2.05) is 19.1 Å². The molecule has 3 heterocycles. The number of nitrogens with zero attached hydrogens (tertiary/aromatic N) is 2. The maximum atomic E-state index is 12.6. The highest BCUT2D eigenvalue weighted by atomic mass is 32.1. The van der Waals surface area contributed by atoms with Crippen molar-refractivity contribution in [3.63, 3.8) is 0 Å². The van der Waals surface area contributed by atoms with Crippen molar-refractivity contribution in [2.75, 3.05) is 34.0 Å². The highest BCUT2D eigenvalue weighted by Gasteiger charge is 2.25. The molecule has 43 heavy (non-hydrogen) atoms. The second-order valence-electron chi connectivity index (χ2n) is 9.91. The molecule has 2 aromatic heterocycles. The number of fused-ring (bicyclic) bond motifs is 2. The first kappa shape index (κ1) is 31.7. The van der Waals surface area contributed by atoms with E-state index in [1.165, 1.54) is 18.4 Å². The first-order valence-electron chi connectivity index (χ1n) is 14.2. The Balaban J connectivity index is 1.31. The summed E-state index contributed by atoms with van der Waals surface area (Å²) in [6.07, 6.45) is 2.58. The normalized spacial score (nSPS) is 12.1. The lowest BCUT2D eigenvalue weighted by Gasteiger charge is -2.14. The van der Waals surface area contributed by atoms with Gasteiger partial charge in [0.25, 0.3) is 5.88 Å². The molecule has 0 atom stereocenters. The first-order valence-corrected chi connectivity index (χ1v) is 15.0. The van der Waals surface area contributed by atoms with Crippen molar-refractivity contribution in [2.24, 2.45) is 0 Å². The summed E-state index contributed by atoms with van der Waals surface area (Å²) in [4.78, 5) is 54.1. The van der Waals surface area contributed by atoms with Crippen LogP contribution in [0.15, 0.2) is 24.3 Å². The number of ketones is 1. The highest BCUT2D eigenvalue weighted by molar-refractivity contribution is 7.20. The number of aromatic nitrogens is 1. The predicted octanol–water partition coefficient (Wildman–Crippen LogP) is 4.90. The van der Waals surface area contributed by atoms with E-state index in [9.17, 15) is 19.2 Å². The number of esters is 1. The minimum atomic E-state index is -0.379. The summed E-state index contributed by atoms with van der Waals surface area (Å²) in [5.74, 6) is 1.34. The maximum Gasteiger partial charge on any atom is 0.306 e. The Labute approximate surface area is 254 Å². The fourth-order valence-electron chi connectivity index (χ4n) is 4.56. The molecule has 0 spiro atoms. The lowest BCUT2D eigenvalue weighted by atomic mass is 10.1. The topological polar surface area (TPSA) is 131 Å². The third-order valence-electron chi connectivity index (χ3n) is 6.77. The number of aldehydes is 1. The molecule has 0 saturated heterocycles. The second-order valence-corrected chi connectivity index (χ2v) is 11.0. The third kappa shape index (κ3) is 8.22. The van der Waals surface area contributed by atoms with Crippen LogP contribution >= 0.6 is 11.3 Å². The molecule has 1 aliphatic rings. The standard InChI is InChI=1S/C31H36N2O9S/c1-4-11-42-30(37)9-8-23(35)28-16-22-27(43-28)17-26(31(32-22)39-3)41-13-6-12-40-25-15-21-19-33(29(36)7-5-10-34)18-20(21)14-24(25)38-2/h10,14-17H,4-9,11-13,18-19H2,1-3H3. The molecule has 0 N–H and O–H groups in total. The number of methoxy groups -OCH3 is 2. The molecule has 4 rings (SSSR count). The van der Waals surface area contributed by atoms with E-state index in [4.69, 9.17) is 23.7 Å². The van der Waals surface area contributed by atoms with Crippen molar-refractivity contribution in [3.05, 3.63) is 40.3 Å². The molecule has 0 fully saturated rings. The monoisotopic (exact) mass is 612 g/mol. The van der Waals surface area contributed by atoms with Crippen LogP contribution in [0.2, 0.25) is 0 Å². The van der Waals surface area contributed by atoms with Gasteiger partial charge >= 0.3 is 5.97 Å². The zero-order chi connectivity index (χ0) is 30.8. The molecule has 0 saturated carbocycles. The van der Waals surface area contributed by atoms with Crippen LogP contribution in [0.5, 0.6) is 23.1 Å². The molecule has 0 aliphatic carbocycles. The zero-order valence-electron chi connectivity index (χ0n) is 24.6. The van der Waals surface area contributed by atoms with Crippen molar-refractivity contribution in [1.82, 2.24) is 9.88 Å². The van der Waals surface area contributed by atoms with Crippen molar-refractivity contribution in [3.8, 4) is 23.1 Å². The number of amides is 1. The van der Waals surface area contributed by atoms with Crippen LogP contribution in [0.1, 0.15) is 66.2 Å². The van der Waals surface area contributed by atoms with Crippen LogP contribution in [0, 0.1) is 0 Å². The minimum Gasteiger partial charge on any atom is -0.493 e. The van der Waals surface area contributed by atoms with Gasteiger partial charge in [-0.1, -0.05) is 6.92 Å². The smallest absolute Gasteiger partial charge is 0.306 e. The number of Topliss-reactive ketones (excluding diaryl/α,β-unsaturated/α-hetero) is 1. The Morgan fingerprint density at radius 2 is 1.63 bits per heavy atom. The van der Waals surface area contributed by atoms with Crippen LogP contribution < -0.4 is 18.9 Å². The summed E-state index contributed by atoms with van der Waals surface area (Å²) in [5, 5.41) is 0. The summed E-state index contributed by atoms with van der Waals surface area (Å²) in [6, 6.07) is 7.28. The Hall–Kier alpha value is -4.19. The molecule has 3 aromatic rings. The molecule has 1 aliphatic heterocycles. The van der Waals surface area contributed by atoms with E-state index in [0.29, 0.717) is 72.9 Å². The van der Waals surface area contributed by atoms with Crippen LogP contribution in [0.4, 0.5) is 0 Å². The van der Waals surface area contributed by atoms with Gasteiger partial charge in [-0.05, 0) is 35.7 Å². The van der Waals surface area contributed by atoms with Crippen molar-refractivity contribution >= 4 is 45.5 Å². The molecule has 11 nitrogen and oxygen atoms in total. The number of rotatable bonds is 17. The van der Waals surface area contributed by atoms with Crippen molar-refractivity contribution in [2.45, 2.75) is 58.5 Å². The maximum absolute atomic E-state index is 12.6. The van der Waals surface area contributed by atoms with Gasteiger partial charge in [-0.3, -0.25) is 14.4 Å². The Morgan fingerprint density at radius 1 is 0.907 bits per heavy atom. The van der Waals surface area contributed by atoms with E-state index in [-0.39, 0.29) is 43.3 Å². The summed E-state index contributed by atoms with van der Waals surface area (Å²) < 4.78 is 28.7. The first-order chi connectivity index (χ1) is 20.9. The summed E-state index contributed by atoms with van der Waals surface area (Å²) in [5.41, 5.74) is 2.60. The van der Waals surface area contributed by atoms with Crippen LogP contribution in [-0.2, 0) is 32.2 Å². The fourth-order valence-corrected chi connectivity index (χ4v) is 5.56. The molecule has 0 radical (unpaired) electrons. The largest absolute Gasteiger partial charge is 0.493 e. The van der Waals surface area contributed by atoms with Gasteiger partial charge in [0.2, 0.25) is 5.91 Å². The van der Waals surface area contributed by atoms with E-state index in [0.717, 1.165) is 28.5 Å². The number of carbonyl (C=O) groups is 4. The SMILES string of the molecule is CCCOC(=O)CCC(=O)c1cc2nc(OC)c(OCCCOc3cc4c(cc3OC)CN(C(=O)CCC=O)C4)cc2s1. The fraction of sp³-hybridized carbons (Fsp3) is 0.452. The molecule has 0 bridgehead atoms. The Bertz CT molecular complexity index is 1470. The molecular weight excluding hydrogens is 576 g/mol. The second kappa shape index (κ2) is 15.3. The van der Waals surface area contributed by atoms with Gasteiger partial charge in [0.15, 0.2) is 23.0 Å². The number of carbonyl (C=O) groups excluding carboxylic acids is 4.